The molecule has 0 saturated heterocycles. The maximum atomic E-state index is 5.88. The minimum Gasteiger partial charge on any atom is -0.327 e. The van der Waals surface area contributed by atoms with E-state index in [-0.39, 0.29) is 6.04 Å². The number of thioether (sulfide) groups is 1. The number of nitrogens with two attached hydrogens (primary N) is 1. The summed E-state index contributed by atoms with van der Waals surface area (Å²) in [4.78, 5) is 8.70. The van der Waals surface area contributed by atoms with Crippen LogP contribution in [0.2, 0.25) is 0 Å². The van der Waals surface area contributed by atoms with Crippen molar-refractivity contribution in [1.29, 1.82) is 0 Å². The lowest BCUT2D eigenvalue weighted by Crippen LogP contribution is -2.21. The monoisotopic (exact) mass is 239 g/mol. The minimum absolute atomic E-state index is 0.219. The molecule has 3 nitrogen and oxygen atoms in total. The molecular weight excluding hydrogens is 218 g/mol. The van der Waals surface area contributed by atoms with Crippen molar-refractivity contribution in [1.82, 2.24) is 9.97 Å². The third kappa shape index (κ3) is 4.49. The summed E-state index contributed by atoms with van der Waals surface area (Å²) in [6.45, 7) is 6.46. The van der Waals surface area contributed by atoms with Gasteiger partial charge in [0.15, 0.2) is 5.16 Å². The summed E-state index contributed by atoms with van der Waals surface area (Å²) in [5.74, 6) is 0. The van der Waals surface area contributed by atoms with E-state index in [9.17, 15) is 0 Å². The molecule has 0 aliphatic heterocycles. The van der Waals surface area contributed by atoms with Gasteiger partial charge in [-0.25, -0.2) is 9.97 Å². The van der Waals surface area contributed by atoms with Gasteiger partial charge in [0, 0.05) is 23.7 Å². The van der Waals surface area contributed by atoms with Gasteiger partial charge >= 0.3 is 0 Å². The van der Waals surface area contributed by atoms with E-state index in [2.05, 4.69) is 30.7 Å². The fraction of sp³-hybridized carbons (Fsp3) is 0.667. The maximum absolute atomic E-state index is 5.88. The van der Waals surface area contributed by atoms with Crippen LogP contribution in [0.25, 0.3) is 0 Å². The van der Waals surface area contributed by atoms with Gasteiger partial charge < -0.3 is 5.73 Å². The topological polar surface area (TPSA) is 51.8 Å². The van der Waals surface area contributed by atoms with Crippen LogP contribution in [0.15, 0.2) is 17.6 Å². The molecule has 1 heterocycles. The van der Waals surface area contributed by atoms with Crippen LogP contribution in [0.5, 0.6) is 0 Å². The fourth-order valence-corrected chi connectivity index (χ4v) is 1.97. The Balaban J connectivity index is 2.54. The molecular formula is C12H21N3S. The molecule has 16 heavy (non-hydrogen) atoms. The van der Waals surface area contributed by atoms with E-state index in [0.29, 0.717) is 5.25 Å². The summed E-state index contributed by atoms with van der Waals surface area (Å²) < 4.78 is 0. The van der Waals surface area contributed by atoms with Gasteiger partial charge in [0.25, 0.3) is 0 Å². The van der Waals surface area contributed by atoms with E-state index in [1.54, 1.807) is 11.8 Å². The fourth-order valence-electron chi connectivity index (χ4n) is 1.22. The van der Waals surface area contributed by atoms with Gasteiger partial charge in [-0.3, -0.25) is 0 Å². The molecule has 0 aliphatic carbocycles. The van der Waals surface area contributed by atoms with E-state index < -0.39 is 0 Å². The predicted octanol–water partition coefficient (Wildman–Crippen LogP) is 2.65. The number of hydrogen-bond donors (Lipinski definition) is 1. The highest BCUT2D eigenvalue weighted by atomic mass is 32.2. The first-order valence-electron chi connectivity index (χ1n) is 5.88. The molecule has 1 rings (SSSR count). The summed E-state index contributed by atoms with van der Waals surface area (Å²) in [7, 11) is 0. The Hall–Kier alpha value is -0.610. The summed E-state index contributed by atoms with van der Waals surface area (Å²) >= 11 is 1.72. The highest BCUT2D eigenvalue weighted by molar-refractivity contribution is 7.99. The SMILES string of the molecule is CCC(N)Cc1cnc(SC(C)CC)nc1. The van der Waals surface area contributed by atoms with E-state index >= 15 is 0 Å². The molecule has 0 saturated carbocycles. The normalized spacial score (nSPS) is 14.8. The Morgan fingerprint density at radius 2 is 1.88 bits per heavy atom. The third-order valence-corrected chi connectivity index (χ3v) is 3.74. The Kier molecular flexibility index (Phi) is 5.77. The summed E-state index contributed by atoms with van der Waals surface area (Å²) in [5.41, 5.74) is 7.01. The molecule has 1 aromatic heterocycles. The minimum atomic E-state index is 0.219. The van der Waals surface area contributed by atoms with E-state index in [1.807, 2.05) is 12.4 Å². The molecule has 0 aromatic carbocycles. The van der Waals surface area contributed by atoms with E-state index in [0.717, 1.165) is 30.0 Å². The molecule has 1 aromatic rings. The second-order valence-electron chi connectivity index (χ2n) is 4.08. The Labute approximate surface area is 102 Å². The zero-order valence-electron chi connectivity index (χ0n) is 10.3. The summed E-state index contributed by atoms with van der Waals surface area (Å²) in [6, 6.07) is 0.219. The van der Waals surface area contributed by atoms with Crippen molar-refractivity contribution >= 4 is 11.8 Å². The quantitative estimate of drug-likeness (QED) is 0.612. The lowest BCUT2D eigenvalue weighted by molar-refractivity contribution is 0.641. The van der Waals surface area contributed by atoms with Crippen LogP contribution in [0.1, 0.15) is 39.2 Å². The van der Waals surface area contributed by atoms with Crippen LogP contribution in [-0.2, 0) is 6.42 Å². The molecule has 2 atom stereocenters. The van der Waals surface area contributed by atoms with Crippen LogP contribution in [0.4, 0.5) is 0 Å². The molecule has 0 fully saturated rings. The van der Waals surface area contributed by atoms with Crippen molar-refractivity contribution in [3.05, 3.63) is 18.0 Å². The molecule has 90 valence electrons. The van der Waals surface area contributed by atoms with Crippen LogP contribution in [0.3, 0.4) is 0 Å². The average molecular weight is 239 g/mol. The third-order valence-electron chi connectivity index (χ3n) is 2.59. The summed E-state index contributed by atoms with van der Waals surface area (Å²) in [6.07, 6.45) is 6.78. The van der Waals surface area contributed by atoms with Gasteiger partial charge in [0.1, 0.15) is 0 Å². The van der Waals surface area contributed by atoms with E-state index in [1.165, 1.54) is 0 Å². The lowest BCUT2D eigenvalue weighted by atomic mass is 10.1. The lowest BCUT2D eigenvalue weighted by Gasteiger charge is -2.09. The number of nitrogens with zero attached hydrogens (tertiary/aromatic N) is 2. The van der Waals surface area contributed by atoms with Crippen LogP contribution in [-0.4, -0.2) is 21.3 Å². The number of hydrogen-bond acceptors (Lipinski definition) is 4. The molecule has 4 heteroatoms. The predicted molar refractivity (Wildman–Crippen MR) is 69.6 cm³/mol. The molecule has 2 N–H and O–H groups in total. The van der Waals surface area contributed by atoms with Gasteiger partial charge in [-0.15, -0.1) is 0 Å². The van der Waals surface area contributed by atoms with E-state index in [4.69, 9.17) is 5.73 Å². The van der Waals surface area contributed by atoms with Gasteiger partial charge in [-0.1, -0.05) is 32.5 Å². The van der Waals surface area contributed by atoms with Crippen molar-refractivity contribution in [2.45, 2.75) is 56.5 Å². The zero-order valence-corrected chi connectivity index (χ0v) is 11.1. The number of rotatable bonds is 6. The van der Waals surface area contributed by atoms with Crippen LogP contribution >= 0.6 is 11.8 Å². The Morgan fingerprint density at radius 3 is 2.38 bits per heavy atom. The Morgan fingerprint density at radius 1 is 1.25 bits per heavy atom. The van der Waals surface area contributed by atoms with Gasteiger partial charge in [0.2, 0.25) is 0 Å². The van der Waals surface area contributed by atoms with Gasteiger partial charge in [-0.2, -0.15) is 0 Å². The van der Waals surface area contributed by atoms with Crippen molar-refractivity contribution in [2.24, 2.45) is 5.73 Å². The largest absolute Gasteiger partial charge is 0.327 e. The highest BCUT2D eigenvalue weighted by Gasteiger charge is 2.06. The van der Waals surface area contributed by atoms with Gasteiger partial charge in [0.05, 0.1) is 0 Å². The second kappa shape index (κ2) is 6.86. The first-order valence-corrected chi connectivity index (χ1v) is 6.76. The Bertz CT molecular complexity index is 269. The molecule has 2 unspecified atom stereocenters. The smallest absolute Gasteiger partial charge is 0.187 e. The van der Waals surface area contributed by atoms with Crippen molar-refractivity contribution in [3.63, 3.8) is 0 Å². The maximum Gasteiger partial charge on any atom is 0.187 e. The molecule has 0 aliphatic rings. The molecule has 0 radical (unpaired) electrons. The van der Waals surface area contributed by atoms with Crippen LogP contribution in [0, 0.1) is 0 Å². The second-order valence-corrected chi connectivity index (χ2v) is 5.49. The zero-order chi connectivity index (χ0) is 12.0. The highest BCUT2D eigenvalue weighted by Crippen LogP contribution is 2.20. The average Bonchev–Trinajstić information content (AvgIpc) is 2.31. The van der Waals surface area contributed by atoms with Crippen molar-refractivity contribution in [3.8, 4) is 0 Å². The first-order chi connectivity index (χ1) is 7.65. The summed E-state index contributed by atoms with van der Waals surface area (Å²) in [5, 5.41) is 1.44. The number of aromatic nitrogens is 2. The first kappa shape index (κ1) is 13.5. The standard InChI is InChI=1S/C12H21N3S/c1-4-9(3)16-12-14-7-10(8-15-12)6-11(13)5-2/h7-9,11H,4-6,13H2,1-3H3. The molecule has 0 amide bonds. The van der Waals surface area contributed by atoms with Crippen molar-refractivity contribution in [2.75, 3.05) is 0 Å². The van der Waals surface area contributed by atoms with Crippen molar-refractivity contribution < 1.29 is 0 Å². The molecule has 0 bridgehead atoms. The van der Waals surface area contributed by atoms with Crippen LogP contribution < -0.4 is 5.73 Å². The molecule has 0 spiro atoms. The van der Waals surface area contributed by atoms with Gasteiger partial charge in [-0.05, 0) is 24.8 Å².